The van der Waals surface area contributed by atoms with Crippen LogP contribution in [0, 0.1) is 0 Å². The average molecular weight is 412 g/mol. The van der Waals surface area contributed by atoms with E-state index >= 15 is 0 Å². The zero-order valence-corrected chi connectivity index (χ0v) is 16.0. The minimum absolute atomic E-state index is 0.00592. The van der Waals surface area contributed by atoms with Crippen LogP contribution in [0.25, 0.3) is 11.0 Å². The third kappa shape index (κ3) is 4.94. The molecule has 1 aromatic carbocycles. The van der Waals surface area contributed by atoms with Gasteiger partial charge in [-0.1, -0.05) is 12.1 Å². The summed E-state index contributed by atoms with van der Waals surface area (Å²) in [5.74, 6) is -0.515. The number of carbonyl (C=O) groups excluding carboxylic acids is 1. The average Bonchev–Trinajstić information content (AvgIpc) is 2.70. The fraction of sp³-hybridized carbons (Fsp3) is 0.526. The molecule has 0 bridgehead atoms. The summed E-state index contributed by atoms with van der Waals surface area (Å²) in [7, 11) is 0. The highest BCUT2D eigenvalue weighted by Gasteiger charge is 2.38. The number of aromatic nitrogens is 2. The van der Waals surface area contributed by atoms with Crippen molar-refractivity contribution in [2.75, 3.05) is 39.4 Å². The number of alkyl halides is 3. The number of hydrogen-bond acceptors (Lipinski definition) is 5. The number of nitrogens with one attached hydrogen (secondary N) is 1. The maximum Gasteiger partial charge on any atom is 0.438 e. The number of morpholine rings is 1. The Kier molecular flexibility index (Phi) is 6.53. The number of hydrogen-bond donors (Lipinski definition) is 1. The molecule has 1 N–H and O–H groups in total. The number of ether oxygens (including phenoxy) is 1. The summed E-state index contributed by atoms with van der Waals surface area (Å²) in [5.41, 5.74) is -2.66. The third-order valence-corrected chi connectivity index (χ3v) is 4.88. The van der Waals surface area contributed by atoms with Gasteiger partial charge in [0.15, 0.2) is 0 Å². The van der Waals surface area contributed by atoms with E-state index in [0.29, 0.717) is 26.2 Å². The van der Waals surface area contributed by atoms with Crippen molar-refractivity contribution in [1.29, 1.82) is 0 Å². The van der Waals surface area contributed by atoms with Gasteiger partial charge in [-0.3, -0.25) is 19.1 Å². The zero-order chi connectivity index (χ0) is 21.0. The molecule has 1 aromatic heterocycles. The first kappa shape index (κ1) is 21.3. The van der Waals surface area contributed by atoms with Crippen molar-refractivity contribution in [2.45, 2.75) is 25.6 Å². The molecular formula is C19H23F3N4O3. The number of halogens is 3. The molecule has 1 aliphatic heterocycles. The van der Waals surface area contributed by atoms with Gasteiger partial charge in [0.1, 0.15) is 6.04 Å². The predicted octanol–water partition coefficient (Wildman–Crippen LogP) is 1.81. The molecule has 1 fully saturated rings. The Hall–Kier alpha value is -2.46. The quantitative estimate of drug-likeness (QED) is 0.733. The maximum atomic E-state index is 13.3. The number of nitrogens with zero attached hydrogens (tertiary/aromatic N) is 3. The summed E-state index contributed by atoms with van der Waals surface area (Å²) in [4.78, 5) is 30.7. The molecule has 2 aromatic rings. The molecule has 1 saturated heterocycles. The normalized spacial score (nSPS) is 16.7. The minimum Gasteiger partial charge on any atom is -0.379 e. The Labute approximate surface area is 165 Å². The Bertz CT molecular complexity index is 923. The highest BCUT2D eigenvalue weighted by molar-refractivity contribution is 5.83. The second-order valence-corrected chi connectivity index (χ2v) is 6.90. The number of amides is 1. The van der Waals surface area contributed by atoms with E-state index in [2.05, 4.69) is 15.2 Å². The van der Waals surface area contributed by atoms with E-state index in [4.69, 9.17) is 4.74 Å². The van der Waals surface area contributed by atoms with Gasteiger partial charge in [0.2, 0.25) is 11.6 Å². The van der Waals surface area contributed by atoms with Gasteiger partial charge in [0, 0.05) is 19.6 Å². The third-order valence-electron chi connectivity index (χ3n) is 4.88. The first-order chi connectivity index (χ1) is 13.8. The van der Waals surface area contributed by atoms with E-state index in [9.17, 15) is 22.8 Å². The molecule has 1 aliphatic rings. The van der Waals surface area contributed by atoms with Crippen molar-refractivity contribution in [3.8, 4) is 0 Å². The van der Waals surface area contributed by atoms with E-state index in [-0.39, 0.29) is 11.0 Å². The van der Waals surface area contributed by atoms with Crippen LogP contribution in [0.2, 0.25) is 0 Å². The molecule has 1 unspecified atom stereocenters. The summed E-state index contributed by atoms with van der Waals surface area (Å²) < 4.78 is 45.9. The number of para-hydroxylation sites is 2. The molecule has 158 valence electrons. The molecule has 3 rings (SSSR count). The van der Waals surface area contributed by atoms with Gasteiger partial charge in [-0.2, -0.15) is 13.2 Å². The van der Waals surface area contributed by atoms with Crippen molar-refractivity contribution < 1.29 is 22.7 Å². The van der Waals surface area contributed by atoms with Crippen LogP contribution in [0.5, 0.6) is 0 Å². The largest absolute Gasteiger partial charge is 0.438 e. The Morgan fingerprint density at radius 2 is 1.97 bits per heavy atom. The lowest BCUT2D eigenvalue weighted by molar-refractivity contribution is -0.142. The van der Waals surface area contributed by atoms with E-state index in [1.54, 1.807) is 6.07 Å². The van der Waals surface area contributed by atoms with E-state index in [1.165, 1.54) is 25.1 Å². The molecule has 1 amide bonds. The van der Waals surface area contributed by atoms with Gasteiger partial charge >= 0.3 is 6.18 Å². The number of fused-ring (bicyclic) bond motifs is 1. The molecule has 0 spiro atoms. The van der Waals surface area contributed by atoms with Crippen LogP contribution in [0.3, 0.4) is 0 Å². The van der Waals surface area contributed by atoms with Crippen molar-refractivity contribution in [3.63, 3.8) is 0 Å². The van der Waals surface area contributed by atoms with Gasteiger partial charge in [0.05, 0.1) is 24.2 Å². The second-order valence-electron chi connectivity index (χ2n) is 6.90. The SMILES string of the molecule is CC(C(=O)NCCCN1CCOCC1)n1c(=O)c(C(F)(F)F)nc2ccccc21. The fourth-order valence-electron chi connectivity index (χ4n) is 3.33. The summed E-state index contributed by atoms with van der Waals surface area (Å²) in [6.07, 6.45) is -4.21. The van der Waals surface area contributed by atoms with Gasteiger partial charge in [0.25, 0.3) is 5.56 Å². The highest BCUT2D eigenvalue weighted by atomic mass is 19.4. The fourth-order valence-corrected chi connectivity index (χ4v) is 3.33. The molecule has 0 radical (unpaired) electrons. The van der Waals surface area contributed by atoms with Gasteiger partial charge < -0.3 is 10.1 Å². The Morgan fingerprint density at radius 3 is 2.66 bits per heavy atom. The first-order valence-electron chi connectivity index (χ1n) is 9.45. The number of benzene rings is 1. The summed E-state index contributed by atoms with van der Waals surface area (Å²) in [6.45, 7) is 5.60. The summed E-state index contributed by atoms with van der Waals surface area (Å²) in [5, 5.41) is 2.71. The molecule has 29 heavy (non-hydrogen) atoms. The summed E-state index contributed by atoms with van der Waals surface area (Å²) >= 11 is 0. The van der Waals surface area contributed by atoms with Crippen LogP contribution in [0.1, 0.15) is 25.1 Å². The van der Waals surface area contributed by atoms with Crippen molar-refractivity contribution in [1.82, 2.24) is 19.8 Å². The van der Waals surface area contributed by atoms with Gasteiger partial charge in [-0.15, -0.1) is 0 Å². The second kappa shape index (κ2) is 8.91. The smallest absolute Gasteiger partial charge is 0.379 e. The molecule has 0 aliphatic carbocycles. The lowest BCUT2D eigenvalue weighted by Gasteiger charge is -2.26. The number of carbonyl (C=O) groups is 1. The molecule has 10 heteroatoms. The van der Waals surface area contributed by atoms with Crippen LogP contribution in [-0.2, 0) is 15.7 Å². The van der Waals surface area contributed by atoms with E-state index < -0.39 is 29.4 Å². The monoisotopic (exact) mass is 412 g/mol. The molecule has 0 saturated carbocycles. The Morgan fingerprint density at radius 1 is 1.28 bits per heavy atom. The van der Waals surface area contributed by atoms with Crippen LogP contribution < -0.4 is 10.9 Å². The van der Waals surface area contributed by atoms with Crippen LogP contribution in [0.15, 0.2) is 29.1 Å². The van der Waals surface area contributed by atoms with Crippen LogP contribution in [-0.4, -0.2) is 59.8 Å². The van der Waals surface area contributed by atoms with E-state index in [0.717, 1.165) is 24.2 Å². The summed E-state index contributed by atoms with van der Waals surface area (Å²) in [6, 6.07) is 4.86. The molecular weight excluding hydrogens is 389 g/mol. The highest BCUT2D eigenvalue weighted by Crippen LogP contribution is 2.27. The lowest BCUT2D eigenvalue weighted by atomic mass is 10.2. The Balaban J connectivity index is 1.75. The maximum absolute atomic E-state index is 13.3. The molecule has 1 atom stereocenters. The topological polar surface area (TPSA) is 76.5 Å². The molecule has 7 nitrogen and oxygen atoms in total. The van der Waals surface area contributed by atoms with Crippen molar-refractivity contribution in [2.24, 2.45) is 0 Å². The van der Waals surface area contributed by atoms with Crippen LogP contribution >= 0.6 is 0 Å². The molecule has 2 heterocycles. The predicted molar refractivity (Wildman–Crippen MR) is 101 cm³/mol. The first-order valence-corrected chi connectivity index (χ1v) is 9.45. The van der Waals surface area contributed by atoms with Gasteiger partial charge in [-0.25, -0.2) is 4.98 Å². The van der Waals surface area contributed by atoms with Crippen molar-refractivity contribution >= 4 is 16.9 Å². The standard InChI is InChI=1S/C19H23F3N4O3/c1-13(17(27)23-7-4-8-25-9-11-29-12-10-25)26-15-6-3-2-5-14(15)24-16(18(26)28)19(20,21)22/h2-3,5-6,13H,4,7-12H2,1H3,(H,23,27). The number of rotatable bonds is 6. The van der Waals surface area contributed by atoms with Crippen LogP contribution in [0.4, 0.5) is 13.2 Å². The van der Waals surface area contributed by atoms with Gasteiger partial charge in [-0.05, 0) is 32.0 Å². The zero-order valence-electron chi connectivity index (χ0n) is 16.0. The van der Waals surface area contributed by atoms with Crippen molar-refractivity contribution in [3.05, 3.63) is 40.3 Å². The lowest BCUT2D eigenvalue weighted by Crippen LogP contribution is -2.40. The minimum atomic E-state index is -4.91. The van der Waals surface area contributed by atoms with E-state index in [1.807, 2.05) is 0 Å².